The van der Waals surface area contributed by atoms with E-state index in [1.807, 2.05) is 60.1 Å². The SMILES string of the molecule is Cc1cn2cccc2c(=O)n1/N=C/c1ccccc1. The van der Waals surface area contributed by atoms with Crippen molar-refractivity contribution in [2.45, 2.75) is 6.92 Å². The second-order valence-corrected chi connectivity index (χ2v) is 4.34. The van der Waals surface area contributed by atoms with Gasteiger partial charge in [-0.2, -0.15) is 9.78 Å². The van der Waals surface area contributed by atoms with Crippen molar-refractivity contribution in [1.82, 2.24) is 9.08 Å². The van der Waals surface area contributed by atoms with Crippen LogP contribution in [0.4, 0.5) is 0 Å². The summed E-state index contributed by atoms with van der Waals surface area (Å²) in [6.45, 7) is 1.86. The lowest BCUT2D eigenvalue weighted by Crippen LogP contribution is -2.20. The third kappa shape index (κ3) is 2.08. The first-order valence-corrected chi connectivity index (χ1v) is 6.04. The molecule has 19 heavy (non-hydrogen) atoms. The fraction of sp³-hybridized carbons (Fsp3) is 0.0667. The van der Waals surface area contributed by atoms with Gasteiger partial charge in [-0.25, -0.2) is 0 Å². The van der Waals surface area contributed by atoms with E-state index in [0.717, 1.165) is 11.3 Å². The maximum atomic E-state index is 12.3. The highest BCUT2D eigenvalue weighted by Gasteiger charge is 2.04. The molecule has 1 aromatic carbocycles. The zero-order chi connectivity index (χ0) is 13.2. The van der Waals surface area contributed by atoms with Crippen LogP contribution in [0.15, 0.2) is 64.8 Å². The topological polar surface area (TPSA) is 38.8 Å². The lowest BCUT2D eigenvalue weighted by atomic mass is 10.2. The van der Waals surface area contributed by atoms with E-state index in [1.54, 1.807) is 12.3 Å². The molecule has 94 valence electrons. The van der Waals surface area contributed by atoms with Crippen LogP contribution >= 0.6 is 0 Å². The Morgan fingerprint density at radius 3 is 2.68 bits per heavy atom. The predicted molar refractivity (Wildman–Crippen MR) is 75.8 cm³/mol. The molecular formula is C15H13N3O. The highest BCUT2D eigenvalue weighted by Crippen LogP contribution is 2.02. The standard InChI is InChI=1S/C15H13N3O/c1-12-11-17-9-5-8-14(17)15(19)18(12)16-10-13-6-3-2-4-7-13/h2-11H,1H3/b16-10+. The van der Waals surface area contributed by atoms with E-state index in [-0.39, 0.29) is 5.56 Å². The Hall–Kier alpha value is -2.62. The van der Waals surface area contributed by atoms with Crippen molar-refractivity contribution in [3.8, 4) is 0 Å². The Kier molecular flexibility index (Phi) is 2.76. The molecule has 2 heterocycles. The van der Waals surface area contributed by atoms with Crippen molar-refractivity contribution in [3.05, 3.63) is 76.5 Å². The van der Waals surface area contributed by atoms with E-state index in [1.165, 1.54) is 4.68 Å². The molecule has 0 fully saturated rings. The van der Waals surface area contributed by atoms with E-state index in [9.17, 15) is 4.79 Å². The summed E-state index contributed by atoms with van der Waals surface area (Å²) in [6, 6.07) is 13.3. The number of rotatable bonds is 2. The van der Waals surface area contributed by atoms with E-state index < -0.39 is 0 Å². The monoisotopic (exact) mass is 251 g/mol. The molecule has 0 radical (unpaired) electrons. The van der Waals surface area contributed by atoms with Crippen molar-refractivity contribution in [1.29, 1.82) is 0 Å². The van der Waals surface area contributed by atoms with Crippen LogP contribution in [0.2, 0.25) is 0 Å². The fourth-order valence-corrected chi connectivity index (χ4v) is 2.02. The Morgan fingerprint density at radius 1 is 1.11 bits per heavy atom. The molecular weight excluding hydrogens is 238 g/mol. The molecule has 0 atom stereocenters. The average molecular weight is 251 g/mol. The van der Waals surface area contributed by atoms with Crippen LogP contribution in [-0.2, 0) is 0 Å². The molecule has 0 bridgehead atoms. The van der Waals surface area contributed by atoms with Crippen LogP contribution in [-0.4, -0.2) is 15.3 Å². The first-order valence-electron chi connectivity index (χ1n) is 6.04. The van der Waals surface area contributed by atoms with Crippen LogP contribution in [0.25, 0.3) is 5.52 Å². The molecule has 0 spiro atoms. The van der Waals surface area contributed by atoms with E-state index >= 15 is 0 Å². The molecule has 4 nitrogen and oxygen atoms in total. The van der Waals surface area contributed by atoms with Gasteiger partial charge in [-0.3, -0.25) is 4.79 Å². The van der Waals surface area contributed by atoms with Crippen molar-refractivity contribution in [2.75, 3.05) is 0 Å². The maximum Gasteiger partial charge on any atom is 0.295 e. The quantitative estimate of drug-likeness (QED) is 0.644. The van der Waals surface area contributed by atoms with Crippen molar-refractivity contribution in [3.63, 3.8) is 0 Å². The molecule has 0 N–H and O–H groups in total. The number of fused-ring (bicyclic) bond motifs is 1. The summed E-state index contributed by atoms with van der Waals surface area (Å²) in [4.78, 5) is 12.3. The number of aryl methyl sites for hydroxylation is 1. The summed E-state index contributed by atoms with van der Waals surface area (Å²) >= 11 is 0. The highest BCUT2D eigenvalue weighted by molar-refractivity contribution is 5.79. The molecule has 3 aromatic rings. The minimum atomic E-state index is -0.114. The minimum Gasteiger partial charge on any atom is -0.317 e. The molecule has 0 saturated carbocycles. The van der Waals surface area contributed by atoms with E-state index in [2.05, 4.69) is 5.10 Å². The van der Waals surface area contributed by atoms with Gasteiger partial charge < -0.3 is 4.40 Å². The summed E-state index contributed by atoms with van der Waals surface area (Å²) in [5.41, 5.74) is 2.26. The first kappa shape index (κ1) is 11.5. The Morgan fingerprint density at radius 2 is 1.89 bits per heavy atom. The van der Waals surface area contributed by atoms with E-state index in [4.69, 9.17) is 0 Å². The van der Waals surface area contributed by atoms with Gasteiger partial charge in [-0.05, 0) is 24.6 Å². The van der Waals surface area contributed by atoms with Gasteiger partial charge in [0.25, 0.3) is 5.56 Å². The maximum absolute atomic E-state index is 12.3. The van der Waals surface area contributed by atoms with Crippen LogP contribution in [0.3, 0.4) is 0 Å². The molecule has 0 amide bonds. The number of nitrogens with zero attached hydrogens (tertiary/aromatic N) is 3. The lowest BCUT2D eigenvalue weighted by Gasteiger charge is -2.04. The Balaban J connectivity index is 2.10. The first-order chi connectivity index (χ1) is 9.25. The molecule has 0 saturated heterocycles. The van der Waals surface area contributed by atoms with Gasteiger partial charge in [-0.1, -0.05) is 30.3 Å². The zero-order valence-electron chi connectivity index (χ0n) is 10.5. The van der Waals surface area contributed by atoms with E-state index in [0.29, 0.717) is 5.52 Å². The number of hydrogen-bond donors (Lipinski definition) is 0. The van der Waals surface area contributed by atoms with Gasteiger partial charge in [0.2, 0.25) is 0 Å². The van der Waals surface area contributed by atoms with Crippen molar-refractivity contribution in [2.24, 2.45) is 5.10 Å². The largest absolute Gasteiger partial charge is 0.317 e. The molecule has 2 aromatic heterocycles. The van der Waals surface area contributed by atoms with Gasteiger partial charge in [-0.15, -0.1) is 0 Å². The Bertz CT molecular complexity index is 797. The van der Waals surface area contributed by atoms with Gasteiger partial charge in [0.15, 0.2) is 0 Å². The molecule has 0 aliphatic carbocycles. The van der Waals surface area contributed by atoms with Crippen molar-refractivity contribution < 1.29 is 0 Å². The summed E-state index contributed by atoms with van der Waals surface area (Å²) in [6.07, 6.45) is 5.43. The van der Waals surface area contributed by atoms with Crippen LogP contribution in [0.1, 0.15) is 11.3 Å². The molecule has 0 aliphatic heterocycles. The third-order valence-electron chi connectivity index (χ3n) is 2.97. The van der Waals surface area contributed by atoms with Gasteiger partial charge >= 0.3 is 0 Å². The van der Waals surface area contributed by atoms with Gasteiger partial charge in [0, 0.05) is 12.4 Å². The summed E-state index contributed by atoms with van der Waals surface area (Å²) in [5, 5.41) is 4.27. The van der Waals surface area contributed by atoms with Crippen molar-refractivity contribution >= 4 is 11.7 Å². The van der Waals surface area contributed by atoms with Gasteiger partial charge in [0.05, 0.1) is 11.9 Å². The highest BCUT2D eigenvalue weighted by atomic mass is 16.1. The molecule has 0 aliphatic rings. The molecule has 0 unspecified atom stereocenters. The molecule has 3 rings (SSSR count). The summed E-state index contributed by atoms with van der Waals surface area (Å²) in [7, 11) is 0. The average Bonchev–Trinajstić information content (AvgIpc) is 2.88. The second kappa shape index (κ2) is 4.57. The van der Waals surface area contributed by atoms with Crippen LogP contribution < -0.4 is 5.56 Å². The normalized spacial score (nSPS) is 11.4. The van der Waals surface area contributed by atoms with Crippen LogP contribution in [0.5, 0.6) is 0 Å². The lowest BCUT2D eigenvalue weighted by molar-refractivity contribution is 0.782. The smallest absolute Gasteiger partial charge is 0.295 e. The zero-order valence-corrected chi connectivity index (χ0v) is 10.5. The predicted octanol–water partition coefficient (Wildman–Crippen LogP) is 2.29. The second-order valence-electron chi connectivity index (χ2n) is 4.34. The number of aromatic nitrogens is 2. The number of hydrogen-bond acceptors (Lipinski definition) is 2. The summed E-state index contributed by atoms with van der Waals surface area (Å²) < 4.78 is 3.23. The Labute approximate surface area is 110 Å². The summed E-state index contributed by atoms with van der Waals surface area (Å²) in [5.74, 6) is 0. The third-order valence-corrected chi connectivity index (χ3v) is 2.97. The molecule has 4 heteroatoms. The van der Waals surface area contributed by atoms with Crippen LogP contribution in [0, 0.1) is 6.92 Å². The number of benzene rings is 1. The fourth-order valence-electron chi connectivity index (χ4n) is 2.02. The minimum absolute atomic E-state index is 0.114. The van der Waals surface area contributed by atoms with Gasteiger partial charge in [0.1, 0.15) is 5.52 Å².